The van der Waals surface area contributed by atoms with Crippen LogP contribution in [0.15, 0.2) is 78.9 Å². The SMILES string of the molecule is CC(C)CCCCCC1=CC(C)([n+]2ccccc2)C(C)(O)C([n+]2ccccc2)=C1. The van der Waals surface area contributed by atoms with Crippen molar-refractivity contribution in [3.8, 4) is 0 Å². The summed E-state index contributed by atoms with van der Waals surface area (Å²) in [6, 6.07) is 12.1. The molecule has 2 heterocycles. The highest BCUT2D eigenvalue weighted by Crippen LogP contribution is 2.39. The minimum absolute atomic E-state index is 0.575. The molecule has 1 N–H and O–H groups in total. The van der Waals surface area contributed by atoms with Crippen LogP contribution in [0.1, 0.15) is 59.8 Å². The Labute approximate surface area is 176 Å². The molecule has 1 aliphatic rings. The van der Waals surface area contributed by atoms with Gasteiger partial charge in [-0.25, -0.2) is 0 Å². The van der Waals surface area contributed by atoms with Crippen molar-refractivity contribution in [2.75, 3.05) is 0 Å². The largest absolute Gasteiger partial charge is 0.373 e. The molecule has 29 heavy (non-hydrogen) atoms. The van der Waals surface area contributed by atoms with Gasteiger partial charge in [0.2, 0.25) is 16.8 Å². The Kier molecular flexibility index (Phi) is 6.69. The van der Waals surface area contributed by atoms with E-state index in [-0.39, 0.29) is 0 Å². The number of allylic oxidation sites excluding steroid dienone is 2. The van der Waals surface area contributed by atoms with E-state index in [2.05, 4.69) is 37.5 Å². The van der Waals surface area contributed by atoms with E-state index in [9.17, 15) is 5.11 Å². The minimum Gasteiger partial charge on any atom is -0.373 e. The molecule has 0 saturated carbocycles. The van der Waals surface area contributed by atoms with E-state index in [1.165, 1.54) is 31.3 Å². The Bertz CT molecular complexity index is 853. The number of rotatable bonds is 8. The molecule has 2 aromatic heterocycles. The molecule has 0 fully saturated rings. The molecule has 3 rings (SSSR count). The van der Waals surface area contributed by atoms with Gasteiger partial charge < -0.3 is 5.11 Å². The van der Waals surface area contributed by atoms with Crippen LogP contribution < -0.4 is 9.13 Å². The van der Waals surface area contributed by atoms with E-state index in [1.807, 2.05) is 72.7 Å². The zero-order chi connectivity index (χ0) is 20.9. The Hall–Kier alpha value is -2.26. The van der Waals surface area contributed by atoms with Crippen LogP contribution >= 0.6 is 0 Å². The van der Waals surface area contributed by atoms with Gasteiger partial charge in [-0.2, -0.15) is 9.13 Å². The first kappa shape index (κ1) is 21.4. The third-order valence-corrected chi connectivity index (χ3v) is 6.27. The molecule has 0 bridgehead atoms. The maximum atomic E-state index is 11.8. The monoisotopic (exact) mass is 392 g/mol. The summed E-state index contributed by atoms with van der Waals surface area (Å²) in [7, 11) is 0. The number of hydrogen-bond acceptors (Lipinski definition) is 1. The van der Waals surface area contributed by atoms with E-state index < -0.39 is 11.1 Å². The lowest BCUT2D eigenvalue weighted by molar-refractivity contribution is -0.766. The summed E-state index contributed by atoms with van der Waals surface area (Å²) < 4.78 is 4.18. The third kappa shape index (κ3) is 4.67. The van der Waals surface area contributed by atoms with Crippen LogP contribution in [0.3, 0.4) is 0 Å². The molecule has 0 aliphatic heterocycles. The van der Waals surface area contributed by atoms with Gasteiger partial charge in [-0.15, -0.1) is 0 Å². The highest BCUT2D eigenvalue weighted by molar-refractivity contribution is 5.56. The molecule has 3 heteroatoms. The number of aromatic nitrogens is 2. The molecule has 0 aromatic carbocycles. The van der Waals surface area contributed by atoms with Crippen molar-refractivity contribution < 1.29 is 14.2 Å². The van der Waals surface area contributed by atoms with Crippen molar-refractivity contribution in [3.63, 3.8) is 0 Å². The maximum absolute atomic E-state index is 11.8. The summed E-state index contributed by atoms with van der Waals surface area (Å²) in [5.41, 5.74) is 0.573. The van der Waals surface area contributed by atoms with E-state index in [4.69, 9.17) is 0 Å². The number of hydrogen-bond donors (Lipinski definition) is 1. The molecular formula is C26H36N2O+2. The fraction of sp³-hybridized carbons (Fsp3) is 0.462. The van der Waals surface area contributed by atoms with Gasteiger partial charge in [-0.05, 0) is 37.3 Å². The molecule has 2 unspecified atom stereocenters. The fourth-order valence-electron chi connectivity index (χ4n) is 4.24. The van der Waals surface area contributed by atoms with Crippen molar-refractivity contribution in [1.29, 1.82) is 0 Å². The van der Waals surface area contributed by atoms with Gasteiger partial charge in [0.05, 0.1) is 0 Å². The molecule has 2 atom stereocenters. The van der Waals surface area contributed by atoms with Crippen LogP contribution in [0.4, 0.5) is 0 Å². The highest BCUT2D eigenvalue weighted by Gasteiger charge is 2.58. The van der Waals surface area contributed by atoms with E-state index in [0.717, 1.165) is 18.0 Å². The average molecular weight is 393 g/mol. The first-order valence-electron chi connectivity index (χ1n) is 10.9. The molecule has 3 nitrogen and oxygen atoms in total. The lowest BCUT2D eigenvalue weighted by atomic mass is 9.73. The third-order valence-electron chi connectivity index (χ3n) is 6.27. The molecule has 0 spiro atoms. The Morgan fingerprint density at radius 2 is 1.48 bits per heavy atom. The van der Waals surface area contributed by atoms with E-state index in [1.54, 1.807) is 0 Å². The summed E-state index contributed by atoms with van der Waals surface area (Å²) in [5.74, 6) is 0.776. The van der Waals surface area contributed by atoms with Gasteiger partial charge in [-0.3, -0.25) is 0 Å². The van der Waals surface area contributed by atoms with Crippen molar-refractivity contribution in [1.82, 2.24) is 0 Å². The Morgan fingerprint density at radius 1 is 0.862 bits per heavy atom. The predicted molar refractivity (Wildman–Crippen MR) is 118 cm³/mol. The molecule has 1 aliphatic carbocycles. The van der Waals surface area contributed by atoms with Gasteiger partial charge in [-0.1, -0.05) is 45.2 Å². The molecule has 154 valence electrons. The summed E-state index contributed by atoms with van der Waals surface area (Å²) in [4.78, 5) is 0. The number of pyridine rings is 2. The fourth-order valence-corrected chi connectivity index (χ4v) is 4.24. The van der Waals surface area contributed by atoms with Crippen LogP contribution in [0.25, 0.3) is 5.70 Å². The Morgan fingerprint density at radius 3 is 2.10 bits per heavy atom. The lowest BCUT2D eigenvalue weighted by Crippen LogP contribution is -2.69. The van der Waals surface area contributed by atoms with Gasteiger partial charge in [0.15, 0.2) is 24.8 Å². The second-order valence-electron chi connectivity index (χ2n) is 9.03. The smallest absolute Gasteiger partial charge is 0.226 e. The second kappa shape index (κ2) is 9.04. The van der Waals surface area contributed by atoms with Gasteiger partial charge >= 0.3 is 0 Å². The number of nitrogens with zero attached hydrogens (tertiary/aromatic N) is 2. The first-order valence-corrected chi connectivity index (χ1v) is 10.9. The van der Waals surface area contributed by atoms with E-state index >= 15 is 0 Å². The standard InChI is InChI=1S/C26H36N2O/c1-22(2)14-8-5-9-15-23-20-24(27-16-10-6-11-17-27)26(4,29)25(3,21-23)28-18-12-7-13-19-28/h6-7,10-13,16-22,29H,5,8-9,14-15H2,1-4H3/q+2. The van der Waals surface area contributed by atoms with Gasteiger partial charge in [0.25, 0.3) is 0 Å². The maximum Gasteiger partial charge on any atom is 0.226 e. The van der Waals surface area contributed by atoms with Crippen molar-refractivity contribution in [3.05, 3.63) is 78.9 Å². The predicted octanol–water partition coefficient (Wildman–Crippen LogP) is 4.82. The van der Waals surface area contributed by atoms with Crippen LogP contribution in [-0.2, 0) is 5.54 Å². The molecule has 2 aromatic rings. The average Bonchev–Trinajstić information content (AvgIpc) is 2.71. The first-order chi connectivity index (χ1) is 13.8. The Balaban J connectivity index is 1.94. The zero-order valence-electron chi connectivity index (χ0n) is 18.4. The minimum atomic E-state index is -1.06. The summed E-state index contributed by atoms with van der Waals surface area (Å²) >= 11 is 0. The number of unbranched alkanes of at least 4 members (excludes halogenated alkanes) is 2. The van der Waals surface area contributed by atoms with Crippen molar-refractivity contribution >= 4 is 5.70 Å². The molecule has 0 saturated heterocycles. The lowest BCUT2D eigenvalue weighted by Gasteiger charge is -2.37. The topological polar surface area (TPSA) is 28.0 Å². The van der Waals surface area contributed by atoms with Crippen molar-refractivity contribution in [2.45, 2.75) is 70.9 Å². The van der Waals surface area contributed by atoms with E-state index in [0.29, 0.717) is 0 Å². The van der Waals surface area contributed by atoms with Crippen LogP contribution in [0.2, 0.25) is 0 Å². The highest BCUT2D eigenvalue weighted by atomic mass is 16.3. The summed E-state index contributed by atoms with van der Waals surface area (Å²) in [5, 5.41) is 11.8. The van der Waals surface area contributed by atoms with Crippen LogP contribution in [0, 0.1) is 5.92 Å². The van der Waals surface area contributed by atoms with Crippen LogP contribution in [-0.4, -0.2) is 10.7 Å². The van der Waals surface area contributed by atoms with Gasteiger partial charge in [0.1, 0.15) is 0 Å². The number of aliphatic hydroxyl groups is 1. The molecule has 0 amide bonds. The normalized spacial score (nSPS) is 24.3. The summed E-state index contributed by atoms with van der Waals surface area (Å²) in [6.45, 7) is 8.64. The molecular weight excluding hydrogens is 356 g/mol. The zero-order valence-corrected chi connectivity index (χ0v) is 18.4. The molecule has 0 radical (unpaired) electrons. The quantitative estimate of drug-likeness (QED) is 0.506. The van der Waals surface area contributed by atoms with Gasteiger partial charge in [0, 0.05) is 37.3 Å². The van der Waals surface area contributed by atoms with Crippen LogP contribution in [0.5, 0.6) is 0 Å². The van der Waals surface area contributed by atoms with Crippen molar-refractivity contribution in [2.24, 2.45) is 5.92 Å². The summed E-state index contributed by atoms with van der Waals surface area (Å²) in [6.07, 6.45) is 18.6. The second-order valence-corrected chi connectivity index (χ2v) is 9.03.